The lowest BCUT2D eigenvalue weighted by atomic mass is 9.98. The highest BCUT2D eigenvalue weighted by atomic mass is 16.5. The third-order valence-electron chi connectivity index (χ3n) is 4.64. The van der Waals surface area contributed by atoms with E-state index in [1.54, 1.807) is 0 Å². The monoisotopic (exact) mass is 345 g/mol. The van der Waals surface area contributed by atoms with Crippen LogP contribution in [0.25, 0.3) is 0 Å². The third kappa shape index (κ3) is 10.8. The zero-order valence-corrected chi connectivity index (χ0v) is 15.7. The second kappa shape index (κ2) is 14.7. The van der Waals surface area contributed by atoms with Crippen LogP contribution in [0.4, 0.5) is 0 Å². The maximum Gasteiger partial charge on any atom is 0.308 e. The van der Waals surface area contributed by atoms with Crippen LogP contribution < -0.4 is 0 Å². The molecule has 3 heteroatoms. The van der Waals surface area contributed by atoms with Crippen LogP contribution in [0.2, 0.25) is 0 Å². The standard InChI is InChI=1S/C22H33O3/c1-2-21(16-12-7-5-3-4-6-8-13-18-23)22(24)25-19-17-20-14-10-9-11-15-20/h9-11,14-15,21H,2-8,12-13,16-17,19H2,1H3. The smallest absolute Gasteiger partial charge is 0.308 e. The van der Waals surface area contributed by atoms with Gasteiger partial charge >= 0.3 is 5.97 Å². The molecule has 25 heavy (non-hydrogen) atoms. The number of benzene rings is 1. The third-order valence-corrected chi connectivity index (χ3v) is 4.64. The van der Waals surface area contributed by atoms with E-state index < -0.39 is 0 Å². The minimum absolute atomic E-state index is 0.0384. The summed E-state index contributed by atoms with van der Waals surface area (Å²) < 4.78 is 5.46. The number of hydrogen-bond acceptors (Lipinski definition) is 3. The van der Waals surface area contributed by atoms with Gasteiger partial charge in [-0.1, -0.05) is 75.8 Å². The van der Waals surface area contributed by atoms with Crippen LogP contribution in [0, 0.1) is 5.92 Å². The largest absolute Gasteiger partial charge is 0.465 e. The van der Waals surface area contributed by atoms with Gasteiger partial charge in [-0.05, 0) is 24.8 Å². The Morgan fingerprint density at radius 2 is 1.64 bits per heavy atom. The SMILES string of the molecule is CCC(CCCCCCCCC[C]=O)C(=O)OCCc1ccccc1. The number of carbonyl (C=O) groups excluding carboxylic acids is 2. The van der Waals surface area contributed by atoms with E-state index in [9.17, 15) is 9.59 Å². The predicted molar refractivity (Wildman–Crippen MR) is 102 cm³/mol. The molecule has 0 aromatic heterocycles. The molecule has 0 aliphatic heterocycles. The van der Waals surface area contributed by atoms with Gasteiger partial charge in [-0.2, -0.15) is 0 Å². The molecular weight excluding hydrogens is 312 g/mol. The highest BCUT2D eigenvalue weighted by Crippen LogP contribution is 2.17. The first-order valence-corrected chi connectivity index (χ1v) is 9.83. The molecule has 0 fully saturated rings. The summed E-state index contributed by atoms with van der Waals surface area (Å²) in [7, 11) is 0. The summed E-state index contributed by atoms with van der Waals surface area (Å²) in [6.45, 7) is 2.53. The molecule has 0 aliphatic carbocycles. The van der Waals surface area contributed by atoms with Crippen molar-refractivity contribution in [1.29, 1.82) is 0 Å². The summed E-state index contributed by atoms with van der Waals surface area (Å²) in [5, 5.41) is 0. The maximum absolute atomic E-state index is 12.2. The number of unbranched alkanes of at least 4 members (excludes halogenated alkanes) is 7. The van der Waals surface area contributed by atoms with Gasteiger partial charge in [-0.15, -0.1) is 0 Å². The molecule has 0 aliphatic rings. The Hall–Kier alpha value is -1.64. The van der Waals surface area contributed by atoms with E-state index in [-0.39, 0.29) is 11.9 Å². The Kier molecular flexibility index (Phi) is 12.6. The van der Waals surface area contributed by atoms with E-state index in [4.69, 9.17) is 4.74 Å². The lowest BCUT2D eigenvalue weighted by molar-refractivity contribution is -0.148. The fourth-order valence-electron chi connectivity index (χ4n) is 2.99. The van der Waals surface area contributed by atoms with E-state index >= 15 is 0 Å². The molecule has 1 unspecified atom stereocenters. The Labute approximate surface area is 153 Å². The number of carbonyl (C=O) groups is 1. The molecule has 1 aromatic rings. The van der Waals surface area contributed by atoms with Gasteiger partial charge in [0.05, 0.1) is 12.5 Å². The first-order chi connectivity index (χ1) is 12.3. The molecule has 0 bridgehead atoms. The molecule has 0 N–H and O–H groups in total. The van der Waals surface area contributed by atoms with Crippen molar-refractivity contribution in [2.45, 2.75) is 77.6 Å². The number of esters is 1. The van der Waals surface area contributed by atoms with Crippen molar-refractivity contribution in [3.05, 3.63) is 35.9 Å². The molecule has 0 amide bonds. The number of rotatable bonds is 15. The number of hydrogen-bond donors (Lipinski definition) is 0. The van der Waals surface area contributed by atoms with Crippen molar-refractivity contribution in [3.63, 3.8) is 0 Å². The van der Waals surface area contributed by atoms with Crippen molar-refractivity contribution in [1.82, 2.24) is 0 Å². The summed E-state index contributed by atoms with van der Waals surface area (Å²) in [5.41, 5.74) is 1.20. The lowest BCUT2D eigenvalue weighted by Crippen LogP contribution is -2.18. The average Bonchev–Trinajstić information content (AvgIpc) is 2.64. The highest BCUT2D eigenvalue weighted by molar-refractivity contribution is 5.72. The van der Waals surface area contributed by atoms with Crippen LogP contribution in [0.5, 0.6) is 0 Å². The fourth-order valence-corrected chi connectivity index (χ4v) is 2.99. The lowest BCUT2D eigenvalue weighted by Gasteiger charge is -2.14. The van der Waals surface area contributed by atoms with Crippen LogP contribution in [0.3, 0.4) is 0 Å². The van der Waals surface area contributed by atoms with Gasteiger partial charge in [0.1, 0.15) is 0 Å². The van der Waals surface area contributed by atoms with Crippen molar-refractivity contribution in [2.75, 3.05) is 6.61 Å². The van der Waals surface area contributed by atoms with Gasteiger partial charge in [0.2, 0.25) is 0 Å². The van der Waals surface area contributed by atoms with E-state index in [0.717, 1.165) is 38.5 Å². The Bertz CT molecular complexity index is 456. The second-order valence-corrected chi connectivity index (χ2v) is 6.67. The van der Waals surface area contributed by atoms with E-state index in [2.05, 4.69) is 19.1 Å². The van der Waals surface area contributed by atoms with Crippen LogP contribution >= 0.6 is 0 Å². The summed E-state index contributed by atoms with van der Waals surface area (Å²) >= 11 is 0. The number of ether oxygens (including phenoxy) is 1. The summed E-state index contributed by atoms with van der Waals surface area (Å²) in [6.07, 6.45) is 13.1. The first kappa shape index (κ1) is 21.4. The molecular formula is C22H33O3. The molecule has 0 heterocycles. The molecule has 0 spiro atoms. The van der Waals surface area contributed by atoms with Crippen molar-refractivity contribution < 1.29 is 14.3 Å². The zero-order valence-electron chi connectivity index (χ0n) is 15.7. The van der Waals surface area contributed by atoms with Gasteiger partial charge < -0.3 is 4.74 Å². The normalized spacial score (nSPS) is 11.9. The molecule has 3 nitrogen and oxygen atoms in total. The molecule has 1 atom stereocenters. The summed E-state index contributed by atoms with van der Waals surface area (Å²) in [5.74, 6) is 0.00226. The fraction of sp³-hybridized carbons (Fsp3) is 0.636. The molecule has 0 saturated carbocycles. The van der Waals surface area contributed by atoms with Crippen molar-refractivity contribution in [2.24, 2.45) is 5.92 Å². The van der Waals surface area contributed by atoms with Gasteiger partial charge in [0.15, 0.2) is 6.29 Å². The average molecular weight is 346 g/mol. The highest BCUT2D eigenvalue weighted by Gasteiger charge is 2.17. The van der Waals surface area contributed by atoms with Crippen LogP contribution in [-0.4, -0.2) is 18.9 Å². The van der Waals surface area contributed by atoms with Crippen LogP contribution in [-0.2, 0) is 20.7 Å². The van der Waals surface area contributed by atoms with Gasteiger partial charge in [-0.25, -0.2) is 0 Å². The van der Waals surface area contributed by atoms with Crippen LogP contribution in [0.15, 0.2) is 30.3 Å². The second-order valence-electron chi connectivity index (χ2n) is 6.67. The first-order valence-electron chi connectivity index (χ1n) is 9.83. The Morgan fingerprint density at radius 3 is 2.28 bits per heavy atom. The Balaban J connectivity index is 2.06. The van der Waals surface area contributed by atoms with Crippen molar-refractivity contribution in [3.8, 4) is 0 Å². The van der Waals surface area contributed by atoms with Crippen molar-refractivity contribution >= 4 is 12.3 Å². The van der Waals surface area contributed by atoms with Gasteiger partial charge in [0, 0.05) is 12.8 Å². The molecule has 1 radical (unpaired) electrons. The summed E-state index contributed by atoms with van der Waals surface area (Å²) in [4.78, 5) is 22.3. The topological polar surface area (TPSA) is 43.4 Å². The minimum atomic E-state index is -0.0384. The zero-order chi connectivity index (χ0) is 18.2. The molecule has 1 aromatic carbocycles. The van der Waals surface area contributed by atoms with Crippen LogP contribution in [0.1, 0.15) is 76.7 Å². The maximum atomic E-state index is 12.2. The summed E-state index contributed by atoms with van der Waals surface area (Å²) in [6, 6.07) is 10.1. The molecule has 1 rings (SSSR count). The minimum Gasteiger partial charge on any atom is -0.465 e. The van der Waals surface area contributed by atoms with Gasteiger partial charge in [-0.3, -0.25) is 9.59 Å². The molecule has 139 valence electrons. The van der Waals surface area contributed by atoms with E-state index in [1.807, 2.05) is 24.5 Å². The predicted octanol–water partition coefficient (Wildman–Crippen LogP) is 5.42. The van der Waals surface area contributed by atoms with E-state index in [1.165, 1.54) is 31.2 Å². The molecule has 0 saturated heterocycles. The van der Waals surface area contributed by atoms with Gasteiger partial charge in [0.25, 0.3) is 0 Å². The quantitative estimate of drug-likeness (QED) is 0.315. The Morgan fingerprint density at radius 1 is 1.00 bits per heavy atom. The van der Waals surface area contributed by atoms with E-state index in [0.29, 0.717) is 13.0 Å².